The number of amides is 2. The van der Waals surface area contributed by atoms with E-state index < -0.39 is 28.9 Å². The molecule has 1 saturated carbocycles. The molecule has 0 aliphatic heterocycles. The van der Waals surface area contributed by atoms with Crippen molar-refractivity contribution >= 4 is 18.0 Å². The zero-order chi connectivity index (χ0) is 25.2. The number of carbonyl (C=O) groups excluding carboxylic acids is 2. The normalized spacial score (nSPS) is 16.9. The Kier molecular flexibility index (Phi) is 6.88. The number of carboxylic acid groups (broad SMARTS) is 1. The maximum Gasteiger partial charge on any atom is 0.407 e. The molecule has 0 radical (unpaired) electrons. The van der Waals surface area contributed by atoms with Crippen LogP contribution >= 0.6 is 0 Å². The number of hydrogen-bond donors (Lipinski definition) is 3. The van der Waals surface area contributed by atoms with Gasteiger partial charge in [-0.15, -0.1) is 0 Å². The molecule has 0 unspecified atom stereocenters. The van der Waals surface area contributed by atoms with Gasteiger partial charge in [0, 0.05) is 12.5 Å². The predicted molar refractivity (Wildman–Crippen MR) is 133 cm³/mol. The molecule has 2 aliphatic carbocycles. The van der Waals surface area contributed by atoms with Crippen molar-refractivity contribution in [2.45, 2.75) is 58.4 Å². The van der Waals surface area contributed by atoms with Gasteiger partial charge in [-0.2, -0.15) is 0 Å². The number of benzene rings is 2. The molecular formula is C28H34N2O5. The van der Waals surface area contributed by atoms with Crippen LogP contribution in [0.4, 0.5) is 4.79 Å². The molecule has 7 heteroatoms. The second-order valence-electron chi connectivity index (χ2n) is 10.9. The van der Waals surface area contributed by atoms with Crippen molar-refractivity contribution in [3.63, 3.8) is 0 Å². The summed E-state index contributed by atoms with van der Waals surface area (Å²) in [6, 6.07) is 15.4. The summed E-state index contributed by atoms with van der Waals surface area (Å²) in [5.74, 6) is -1.25. The minimum absolute atomic E-state index is 0.0350. The Morgan fingerprint density at radius 2 is 1.60 bits per heavy atom. The lowest BCUT2D eigenvalue weighted by atomic mass is 9.66. The quantitative estimate of drug-likeness (QED) is 0.510. The average molecular weight is 479 g/mol. The van der Waals surface area contributed by atoms with E-state index in [-0.39, 0.29) is 31.4 Å². The molecule has 0 heterocycles. The first kappa shape index (κ1) is 24.8. The molecule has 2 aliphatic rings. The molecule has 2 amide bonds. The van der Waals surface area contributed by atoms with Crippen LogP contribution in [0.2, 0.25) is 0 Å². The number of hydrogen-bond acceptors (Lipinski definition) is 4. The van der Waals surface area contributed by atoms with Crippen LogP contribution in [-0.4, -0.2) is 42.3 Å². The molecule has 0 saturated heterocycles. The minimum Gasteiger partial charge on any atom is -0.481 e. The van der Waals surface area contributed by atoms with Gasteiger partial charge in [0.15, 0.2) is 0 Å². The summed E-state index contributed by atoms with van der Waals surface area (Å²) in [7, 11) is 0. The largest absolute Gasteiger partial charge is 0.481 e. The highest BCUT2D eigenvalue weighted by molar-refractivity contribution is 5.86. The van der Waals surface area contributed by atoms with Crippen molar-refractivity contribution in [2.75, 3.05) is 13.2 Å². The van der Waals surface area contributed by atoms with Crippen LogP contribution in [0, 0.1) is 10.8 Å². The minimum atomic E-state index is -0.858. The highest BCUT2D eigenvalue weighted by Gasteiger charge is 2.41. The molecular weight excluding hydrogens is 444 g/mol. The third-order valence-electron chi connectivity index (χ3n) is 7.31. The lowest BCUT2D eigenvalue weighted by Gasteiger charge is -2.41. The Hall–Kier alpha value is -3.35. The zero-order valence-electron chi connectivity index (χ0n) is 20.6. The molecule has 4 rings (SSSR count). The zero-order valence-corrected chi connectivity index (χ0v) is 20.6. The second-order valence-corrected chi connectivity index (χ2v) is 10.9. The van der Waals surface area contributed by atoms with E-state index in [0.29, 0.717) is 0 Å². The fraction of sp³-hybridized carbons (Fsp3) is 0.464. The Balaban J connectivity index is 1.39. The first-order valence-electron chi connectivity index (χ1n) is 12.2. The number of fused-ring (bicyclic) bond motifs is 3. The third-order valence-corrected chi connectivity index (χ3v) is 7.31. The van der Waals surface area contributed by atoms with Crippen LogP contribution in [0.3, 0.4) is 0 Å². The topological polar surface area (TPSA) is 105 Å². The van der Waals surface area contributed by atoms with Crippen LogP contribution in [0.1, 0.15) is 63.5 Å². The molecule has 0 spiro atoms. The van der Waals surface area contributed by atoms with Crippen LogP contribution < -0.4 is 10.6 Å². The molecule has 1 fully saturated rings. The van der Waals surface area contributed by atoms with Gasteiger partial charge in [0.25, 0.3) is 0 Å². The summed E-state index contributed by atoms with van der Waals surface area (Å²) in [6.45, 7) is 6.07. The summed E-state index contributed by atoms with van der Waals surface area (Å²) in [5.41, 5.74) is 3.58. The van der Waals surface area contributed by atoms with Gasteiger partial charge in [-0.3, -0.25) is 9.59 Å². The van der Waals surface area contributed by atoms with E-state index in [2.05, 4.69) is 34.9 Å². The van der Waals surface area contributed by atoms with Crippen molar-refractivity contribution in [2.24, 2.45) is 10.8 Å². The molecule has 0 aromatic heterocycles. The van der Waals surface area contributed by atoms with Gasteiger partial charge in [0.1, 0.15) is 12.6 Å². The van der Waals surface area contributed by atoms with Gasteiger partial charge in [0.05, 0.1) is 6.42 Å². The summed E-state index contributed by atoms with van der Waals surface area (Å²) >= 11 is 0. The molecule has 2 aromatic rings. The van der Waals surface area contributed by atoms with Crippen LogP contribution in [0.25, 0.3) is 11.1 Å². The van der Waals surface area contributed by atoms with E-state index in [4.69, 9.17) is 4.74 Å². The van der Waals surface area contributed by atoms with Crippen molar-refractivity contribution in [3.8, 4) is 11.1 Å². The molecule has 3 N–H and O–H groups in total. The molecule has 186 valence electrons. The lowest BCUT2D eigenvalue weighted by molar-refractivity contribution is -0.142. The van der Waals surface area contributed by atoms with Gasteiger partial charge in [-0.25, -0.2) is 4.79 Å². The predicted octanol–water partition coefficient (Wildman–Crippen LogP) is 4.70. The number of carbonyl (C=O) groups is 3. The fourth-order valence-corrected chi connectivity index (χ4v) is 5.22. The lowest BCUT2D eigenvalue weighted by Crippen LogP contribution is -2.56. The number of ether oxygens (including phenoxy) is 1. The second kappa shape index (κ2) is 9.72. The standard InChI is InChI=1S/C28H34N2O5/c1-27(2,3)24(25(33)29-17-28(13-8-14-28)15-23(31)32)30-26(34)35-16-22-20-11-6-4-9-18(20)19-10-5-7-12-21(19)22/h4-7,9-12,22,24H,8,13-17H2,1-3H3,(H,29,33)(H,30,34)(H,31,32)/t24-/m1/s1. The fourth-order valence-electron chi connectivity index (χ4n) is 5.22. The van der Waals surface area contributed by atoms with E-state index in [0.717, 1.165) is 41.5 Å². The van der Waals surface area contributed by atoms with Crippen molar-refractivity contribution in [1.29, 1.82) is 0 Å². The highest BCUT2D eigenvalue weighted by Crippen LogP contribution is 2.45. The van der Waals surface area contributed by atoms with E-state index in [1.54, 1.807) is 0 Å². The molecule has 7 nitrogen and oxygen atoms in total. The number of alkyl carbamates (subject to hydrolysis) is 1. The molecule has 2 aromatic carbocycles. The first-order valence-corrected chi connectivity index (χ1v) is 12.2. The Bertz CT molecular complexity index is 1070. The third kappa shape index (κ3) is 5.34. The number of aliphatic carboxylic acids is 1. The van der Waals surface area contributed by atoms with E-state index in [9.17, 15) is 19.5 Å². The first-order chi connectivity index (χ1) is 16.6. The van der Waals surface area contributed by atoms with Crippen LogP contribution in [0.15, 0.2) is 48.5 Å². The Labute approximate surface area is 206 Å². The molecule has 1 atom stereocenters. The molecule has 0 bridgehead atoms. The van der Waals surface area contributed by atoms with E-state index >= 15 is 0 Å². The highest BCUT2D eigenvalue weighted by atomic mass is 16.5. The Morgan fingerprint density at radius 1 is 1.03 bits per heavy atom. The van der Waals surface area contributed by atoms with Crippen LogP contribution in [-0.2, 0) is 14.3 Å². The number of rotatable bonds is 8. The maximum atomic E-state index is 13.1. The molecule has 35 heavy (non-hydrogen) atoms. The number of carboxylic acids is 1. The van der Waals surface area contributed by atoms with Gasteiger partial charge >= 0.3 is 12.1 Å². The van der Waals surface area contributed by atoms with Crippen molar-refractivity contribution < 1.29 is 24.2 Å². The average Bonchev–Trinajstić information content (AvgIpc) is 3.10. The summed E-state index contributed by atoms with van der Waals surface area (Å²) in [5, 5.41) is 14.9. The SMILES string of the molecule is CC(C)(C)[C@H](NC(=O)OCC1c2ccccc2-c2ccccc21)C(=O)NCC1(CC(=O)O)CCC1. The van der Waals surface area contributed by atoms with Crippen molar-refractivity contribution in [3.05, 3.63) is 59.7 Å². The van der Waals surface area contributed by atoms with Crippen molar-refractivity contribution in [1.82, 2.24) is 10.6 Å². The van der Waals surface area contributed by atoms with Gasteiger partial charge < -0.3 is 20.5 Å². The van der Waals surface area contributed by atoms with E-state index in [1.165, 1.54) is 0 Å². The number of nitrogens with one attached hydrogen (secondary N) is 2. The Morgan fingerprint density at radius 3 is 2.09 bits per heavy atom. The van der Waals surface area contributed by atoms with E-state index in [1.807, 2.05) is 45.0 Å². The van der Waals surface area contributed by atoms with Gasteiger partial charge in [-0.05, 0) is 45.9 Å². The summed E-state index contributed by atoms with van der Waals surface area (Å²) < 4.78 is 5.64. The summed E-state index contributed by atoms with van der Waals surface area (Å²) in [6.07, 6.45) is 1.90. The van der Waals surface area contributed by atoms with Gasteiger partial charge in [-0.1, -0.05) is 75.7 Å². The monoisotopic (exact) mass is 478 g/mol. The summed E-state index contributed by atoms with van der Waals surface area (Å²) in [4.78, 5) is 37.1. The maximum absolute atomic E-state index is 13.1. The smallest absolute Gasteiger partial charge is 0.407 e. The van der Waals surface area contributed by atoms with Crippen LogP contribution in [0.5, 0.6) is 0 Å². The van der Waals surface area contributed by atoms with Gasteiger partial charge in [0.2, 0.25) is 5.91 Å².